The third-order valence-electron chi connectivity index (χ3n) is 5.02. The van der Waals surface area contributed by atoms with Gasteiger partial charge >= 0.3 is 0 Å². The van der Waals surface area contributed by atoms with Crippen molar-refractivity contribution >= 4 is 30.7 Å². The van der Waals surface area contributed by atoms with Crippen LogP contribution in [-0.2, 0) is 11.3 Å². The van der Waals surface area contributed by atoms with Gasteiger partial charge in [-0.25, -0.2) is 0 Å². The van der Waals surface area contributed by atoms with Gasteiger partial charge in [0.2, 0.25) is 5.91 Å². The van der Waals surface area contributed by atoms with E-state index in [0.717, 1.165) is 30.8 Å². The molecule has 6 heteroatoms. The molecular weight excluding hydrogens is 357 g/mol. The molecule has 134 valence electrons. The predicted molar refractivity (Wildman–Crippen MR) is 104 cm³/mol. The monoisotopic (exact) mass is 379 g/mol. The number of fused-ring (bicyclic) bond motifs is 3. The van der Waals surface area contributed by atoms with Crippen LogP contribution in [0.5, 0.6) is 0 Å². The molecule has 2 atom stereocenters. The van der Waals surface area contributed by atoms with Crippen molar-refractivity contribution in [2.75, 3.05) is 19.6 Å². The number of rotatable bonds is 2. The molecule has 0 saturated carbocycles. The molecule has 1 fully saturated rings. The molecule has 0 radical (unpaired) electrons. The van der Waals surface area contributed by atoms with E-state index < -0.39 is 0 Å². The van der Waals surface area contributed by atoms with E-state index in [1.807, 2.05) is 12.1 Å². The lowest BCUT2D eigenvalue weighted by Crippen LogP contribution is -2.53. The fourth-order valence-electron chi connectivity index (χ4n) is 4.01. The summed E-state index contributed by atoms with van der Waals surface area (Å²) in [5.41, 5.74) is 10.8. The molecule has 0 aromatic heterocycles. The van der Waals surface area contributed by atoms with E-state index in [1.54, 1.807) is 0 Å². The van der Waals surface area contributed by atoms with E-state index in [1.165, 1.54) is 11.1 Å². The molecule has 2 aromatic rings. The molecule has 25 heavy (non-hydrogen) atoms. The number of carbonyl (C=O) groups is 1. The minimum Gasteiger partial charge on any atom is -0.353 e. The van der Waals surface area contributed by atoms with Crippen molar-refractivity contribution in [3.63, 3.8) is 0 Å². The van der Waals surface area contributed by atoms with Gasteiger partial charge in [-0.3, -0.25) is 9.69 Å². The van der Waals surface area contributed by atoms with Crippen molar-refractivity contribution in [2.45, 2.75) is 18.5 Å². The Morgan fingerprint density at radius 2 is 1.84 bits per heavy atom. The van der Waals surface area contributed by atoms with Gasteiger partial charge in [-0.15, -0.1) is 24.8 Å². The standard InChI is InChI=1S/C19H21N3O.2ClH/c20-11-14-7-4-8-15-17(14)16(13-5-2-1-3-6-13)12-22-10-9-21-19(23)18(15)22;;/h1-8,16,18H,9-12,20H2,(H,21,23);2*1H. The van der Waals surface area contributed by atoms with Gasteiger partial charge in [-0.05, 0) is 22.3 Å². The van der Waals surface area contributed by atoms with Crippen LogP contribution in [0.25, 0.3) is 0 Å². The third kappa shape index (κ3) is 3.40. The smallest absolute Gasteiger partial charge is 0.242 e. The lowest BCUT2D eigenvalue weighted by molar-refractivity contribution is -0.129. The predicted octanol–water partition coefficient (Wildman–Crippen LogP) is 2.61. The van der Waals surface area contributed by atoms with E-state index in [2.05, 4.69) is 46.6 Å². The van der Waals surface area contributed by atoms with Crippen LogP contribution in [0.15, 0.2) is 48.5 Å². The minimum atomic E-state index is -0.176. The first-order chi connectivity index (χ1) is 11.3. The average molecular weight is 380 g/mol. The first-order valence-electron chi connectivity index (χ1n) is 8.18. The summed E-state index contributed by atoms with van der Waals surface area (Å²) in [5, 5.41) is 3.00. The number of carbonyl (C=O) groups excluding carboxylic acids is 1. The van der Waals surface area contributed by atoms with Gasteiger partial charge < -0.3 is 11.1 Å². The highest BCUT2D eigenvalue weighted by Crippen LogP contribution is 2.41. The van der Waals surface area contributed by atoms with Crippen LogP contribution >= 0.6 is 24.8 Å². The summed E-state index contributed by atoms with van der Waals surface area (Å²) in [6, 6.07) is 16.6. The first-order valence-corrected chi connectivity index (χ1v) is 8.18. The summed E-state index contributed by atoms with van der Waals surface area (Å²) in [6.07, 6.45) is 0. The summed E-state index contributed by atoms with van der Waals surface area (Å²) in [6.45, 7) is 2.99. The molecule has 0 spiro atoms. The van der Waals surface area contributed by atoms with Crippen molar-refractivity contribution in [2.24, 2.45) is 5.73 Å². The molecule has 0 bridgehead atoms. The van der Waals surface area contributed by atoms with Crippen LogP contribution in [-0.4, -0.2) is 30.4 Å². The largest absolute Gasteiger partial charge is 0.353 e. The Morgan fingerprint density at radius 1 is 1.08 bits per heavy atom. The second-order valence-electron chi connectivity index (χ2n) is 6.28. The Balaban J connectivity index is 0.00000113. The summed E-state index contributed by atoms with van der Waals surface area (Å²) < 4.78 is 0. The molecule has 4 nitrogen and oxygen atoms in total. The summed E-state index contributed by atoms with van der Waals surface area (Å²) >= 11 is 0. The van der Waals surface area contributed by atoms with Gasteiger partial charge in [0, 0.05) is 32.1 Å². The van der Waals surface area contributed by atoms with Crippen LogP contribution in [0.3, 0.4) is 0 Å². The molecule has 0 aliphatic carbocycles. The SMILES string of the molecule is Cl.Cl.NCc1cccc2c1C(c1ccccc1)CN1CCNC(=O)C21. The minimum absolute atomic E-state index is 0. The molecule has 1 amide bonds. The lowest BCUT2D eigenvalue weighted by atomic mass is 9.78. The summed E-state index contributed by atoms with van der Waals surface area (Å²) in [7, 11) is 0. The number of benzene rings is 2. The van der Waals surface area contributed by atoms with Crippen LogP contribution in [0.4, 0.5) is 0 Å². The fourth-order valence-corrected chi connectivity index (χ4v) is 4.01. The van der Waals surface area contributed by atoms with E-state index in [4.69, 9.17) is 5.73 Å². The number of piperazine rings is 1. The second-order valence-corrected chi connectivity index (χ2v) is 6.28. The molecule has 2 heterocycles. The van der Waals surface area contributed by atoms with Gasteiger partial charge in [-0.2, -0.15) is 0 Å². The Morgan fingerprint density at radius 3 is 2.56 bits per heavy atom. The molecule has 2 aliphatic heterocycles. The summed E-state index contributed by atoms with van der Waals surface area (Å²) in [4.78, 5) is 14.8. The third-order valence-corrected chi connectivity index (χ3v) is 5.02. The van der Waals surface area contributed by atoms with Gasteiger partial charge in [0.1, 0.15) is 6.04 Å². The molecule has 2 unspecified atom stereocenters. The van der Waals surface area contributed by atoms with E-state index in [9.17, 15) is 4.79 Å². The maximum atomic E-state index is 12.5. The topological polar surface area (TPSA) is 58.4 Å². The number of nitrogens with zero attached hydrogens (tertiary/aromatic N) is 1. The van der Waals surface area contributed by atoms with E-state index >= 15 is 0 Å². The van der Waals surface area contributed by atoms with Crippen molar-refractivity contribution in [1.29, 1.82) is 0 Å². The van der Waals surface area contributed by atoms with Crippen molar-refractivity contribution in [3.8, 4) is 0 Å². The maximum absolute atomic E-state index is 12.5. The molecule has 1 saturated heterocycles. The van der Waals surface area contributed by atoms with Crippen LogP contribution < -0.4 is 11.1 Å². The zero-order valence-electron chi connectivity index (χ0n) is 13.9. The number of nitrogens with two attached hydrogens (primary N) is 1. The van der Waals surface area contributed by atoms with Crippen molar-refractivity contribution in [1.82, 2.24) is 10.2 Å². The Bertz CT molecular complexity index is 739. The molecular formula is C19H23Cl2N3O. The quantitative estimate of drug-likeness (QED) is 0.842. The van der Waals surface area contributed by atoms with Gasteiger partial charge in [-0.1, -0.05) is 48.5 Å². The number of hydrogen-bond acceptors (Lipinski definition) is 3. The fraction of sp³-hybridized carbons (Fsp3) is 0.316. The number of amides is 1. The molecule has 2 aliphatic rings. The zero-order valence-corrected chi connectivity index (χ0v) is 15.5. The lowest BCUT2D eigenvalue weighted by Gasteiger charge is -2.44. The molecule has 2 aromatic carbocycles. The van der Waals surface area contributed by atoms with E-state index in [-0.39, 0.29) is 42.7 Å². The highest BCUT2D eigenvalue weighted by Gasteiger charge is 2.40. The molecule has 3 N–H and O–H groups in total. The Kier molecular flexibility index (Phi) is 6.47. The highest BCUT2D eigenvalue weighted by atomic mass is 35.5. The normalized spacial score (nSPS) is 21.9. The average Bonchev–Trinajstić information content (AvgIpc) is 2.61. The maximum Gasteiger partial charge on any atom is 0.242 e. The van der Waals surface area contributed by atoms with Crippen molar-refractivity contribution in [3.05, 3.63) is 70.8 Å². The highest BCUT2D eigenvalue weighted by molar-refractivity contribution is 5.86. The zero-order chi connectivity index (χ0) is 15.8. The Hall–Kier alpha value is -1.59. The van der Waals surface area contributed by atoms with Crippen molar-refractivity contribution < 1.29 is 4.79 Å². The van der Waals surface area contributed by atoms with Crippen LogP contribution in [0, 0.1) is 0 Å². The summed E-state index contributed by atoms with van der Waals surface area (Å²) in [5.74, 6) is 0.381. The van der Waals surface area contributed by atoms with E-state index in [0.29, 0.717) is 6.54 Å². The van der Waals surface area contributed by atoms with Gasteiger partial charge in [0.25, 0.3) is 0 Å². The molecule has 4 rings (SSSR count). The van der Waals surface area contributed by atoms with Gasteiger partial charge in [0.15, 0.2) is 0 Å². The first kappa shape index (κ1) is 19.7. The number of halogens is 2. The Labute approximate surface area is 160 Å². The van der Waals surface area contributed by atoms with Crippen LogP contribution in [0.2, 0.25) is 0 Å². The van der Waals surface area contributed by atoms with Crippen LogP contribution in [0.1, 0.15) is 34.2 Å². The number of hydrogen-bond donors (Lipinski definition) is 2. The van der Waals surface area contributed by atoms with Gasteiger partial charge in [0.05, 0.1) is 0 Å². The number of nitrogens with one attached hydrogen (secondary N) is 1. The second kappa shape index (κ2) is 8.19.